The molecule has 20 heavy (non-hydrogen) atoms. The molecule has 0 fully saturated rings. The van der Waals surface area contributed by atoms with Crippen molar-refractivity contribution in [1.82, 2.24) is 9.97 Å². The number of aromatic amines is 1. The first-order chi connectivity index (χ1) is 9.61. The third kappa shape index (κ3) is 2.71. The average Bonchev–Trinajstić information content (AvgIpc) is 2.40. The largest absolute Gasteiger partial charge is 0.399 e. The number of halogens is 1. The molecule has 3 rings (SSSR count). The van der Waals surface area contributed by atoms with E-state index in [0.717, 1.165) is 9.37 Å². The summed E-state index contributed by atoms with van der Waals surface area (Å²) in [5.74, 6) is 0. The van der Waals surface area contributed by atoms with Crippen LogP contribution in [0.1, 0.15) is 0 Å². The summed E-state index contributed by atoms with van der Waals surface area (Å²) in [6.07, 6.45) is 0. The summed E-state index contributed by atoms with van der Waals surface area (Å²) < 4.78 is 0.985. The van der Waals surface area contributed by atoms with Gasteiger partial charge in [-0.1, -0.05) is 33.8 Å². The first-order valence-corrected chi connectivity index (χ1v) is 7.46. The van der Waals surface area contributed by atoms with E-state index in [0.29, 0.717) is 21.7 Å². The van der Waals surface area contributed by atoms with Gasteiger partial charge in [0.1, 0.15) is 0 Å². The van der Waals surface area contributed by atoms with Gasteiger partial charge in [0.2, 0.25) is 0 Å². The summed E-state index contributed by atoms with van der Waals surface area (Å²) in [4.78, 5) is 20.2. The molecule has 3 N–H and O–H groups in total. The minimum absolute atomic E-state index is 0.181. The Bertz CT molecular complexity index is 847. The first kappa shape index (κ1) is 13.2. The Kier molecular flexibility index (Phi) is 3.50. The Morgan fingerprint density at radius 2 is 2.05 bits per heavy atom. The SMILES string of the molecule is Nc1ccc2nc(Sc3cccc(Br)c3)[nH]c(=O)c2c1. The molecule has 0 bridgehead atoms. The molecule has 0 aliphatic carbocycles. The summed E-state index contributed by atoms with van der Waals surface area (Å²) in [6, 6.07) is 12.9. The smallest absolute Gasteiger partial charge is 0.259 e. The number of nitrogens with zero attached hydrogens (tertiary/aromatic N) is 1. The number of benzene rings is 2. The summed E-state index contributed by atoms with van der Waals surface area (Å²) in [7, 11) is 0. The van der Waals surface area contributed by atoms with Gasteiger partial charge in [-0.3, -0.25) is 4.79 Å². The maximum absolute atomic E-state index is 12.0. The van der Waals surface area contributed by atoms with Gasteiger partial charge in [0.25, 0.3) is 5.56 Å². The van der Waals surface area contributed by atoms with Crippen LogP contribution in [0.5, 0.6) is 0 Å². The van der Waals surface area contributed by atoms with E-state index in [1.165, 1.54) is 11.8 Å². The average molecular weight is 348 g/mol. The molecule has 0 aliphatic rings. The molecule has 2 aromatic carbocycles. The number of hydrogen-bond acceptors (Lipinski definition) is 4. The van der Waals surface area contributed by atoms with Crippen LogP contribution in [0.3, 0.4) is 0 Å². The molecule has 1 heterocycles. The molecule has 0 spiro atoms. The molecule has 0 saturated heterocycles. The van der Waals surface area contributed by atoms with Gasteiger partial charge in [-0.2, -0.15) is 0 Å². The fourth-order valence-corrected chi connectivity index (χ4v) is 3.22. The lowest BCUT2D eigenvalue weighted by Crippen LogP contribution is -2.09. The molecule has 100 valence electrons. The molecule has 0 atom stereocenters. The van der Waals surface area contributed by atoms with Crippen molar-refractivity contribution in [2.75, 3.05) is 5.73 Å². The van der Waals surface area contributed by atoms with Crippen LogP contribution in [0.15, 0.2) is 61.8 Å². The van der Waals surface area contributed by atoms with Gasteiger partial charge < -0.3 is 10.7 Å². The van der Waals surface area contributed by atoms with Gasteiger partial charge in [-0.25, -0.2) is 4.98 Å². The molecule has 3 aromatic rings. The van der Waals surface area contributed by atoms with Gasteiger partial charge in [-0.05, 0) is 36.4 Å². The van der Waals surface area contributed by atoms with Crippen LogP contribution in [-0.4, -0.2) is 9.97 Å². The van der Waals surface area contributed by atoms with E-state index < -0.39 is 0 Å². The predicted molar refractivity (Wildman–Crippen MR) is 85.0 cm³/mol. The number of H-pyrrole nitrogens is 1. The number of anilines is 1. The lowest BCUT2D eigenvalue weighted by atomic mass is 10.2. The fourth-order valence-electron chi connectivity index (χ4n) is 1.83. The lowest BCUT2D eigenvalue weighted by molar-refractivity contribution is 0.974. The van der Waals surface area contributed by atoms with Crippen molar-refractivity contribution in [1.29, 1.82) is 0 Å². The van der Waals surface area contributed by atoms with Gasteiger partial charge in [0, 0.05) is 15.1 Å². The van der Waals surface area contributed by atoms with Crippen molar-refractivity contribution in [3.8, 4) is 0 Å². The summed E-state index contributed by atoms with van der Waals surface area (Å²) in [5.41, 5.74) is 6.69. The Morgan fingerprint density at radius 1 is 1.20 bits per heavy atom. The Hall–Kier alpha value is -1.79. The van der Waals surface area contributed by atoms with Crippen LogP contribution in [0, 0.1) is 0 Å². The van der Waals surface area contributed by atoms with Crippen molar-refractivity contribution in [3.05, 3.63) is 57.3 Å². The molecule has 0 unspecified atom stereocenters. The quantitative estimate of drug-likeness (QED) is 0.550. The number of nitrogen functional groups attached to an aromatic ring is 1. The van der Waals surface area contributed by atoms with Gasteiger partial charge >= 0.3 is 0 Å². The topological polar surface area (TPSA) is 71.8 Å². The molecular weight excluding hydrogens is 338 g/mol. The van der Waals surface area contributed by atoms with Gasteiger partial charge in [-0.15, -0.1) is 0 Å². The van der Waals surface area contributed by atoms with Crippen molar-refractivity contribution >= 4 is 44.3 Å². The highest BCUT2D eigenvalue weighted by Crippen LogP contribution is 2.27. The highest BCUT2D eigenvalue weighted by molar-refractivity contribution is 9.10. The van der Waals surface area contributed by atoms with Crippen molar-refractivity contribution in [2.45, 2.75) is 10.1 Å². The number of aromatic nitrogens is 2. The zero-order chi connectivity index (χ0) is 14.1. The van der Waals surface area contributed by atoms with Gasteiger partial charge in [0.15, 0.2) is 5.16 Å². The number of rotatable bonds is 2. The third-order valence-electron chi connectivity index (χ3n) is 2.72. The van der Waals surface area contributed by atoms with E-state index in [9.17, 15) is 4.79 Å². The highest BCUT2D eigenvalue weighted by atomic mass is 79.9. The van der Waals surface area contributed by atoms with E-state index in [2.05, 4.69) is 25.9 Å². The molecule has 0 aliphatic heterocycles. The Labute approximate surface area is 127 Å². The van der Waals surface area contributed by atoms with E-state index >= 15 is 0 Å². The second-order valence-electron chi connectivity index (χ2n) is 4.21. The number of nitrogens with one attached hydrogen (secondary N) is 1. The molecule has 6 heteroatoms. The summed E-state index contributed by atoms with van der Waals surface area (Å²) in [5, 5.41) is 1.06. The molecule has 0 saturated carbocycles. The molecule has 0 radical (unpaired) electrons. The molecule has 0 amide bonds. The molecule has 1 aromatic heterocycles. The van der Waals surface area contributed by atoms with E-state index in [1.807, 2.05) is 24.3 Å². The van der Waals surface area contributed by atoms with E-state index in [4.69, 9.17) is 5.73 Å². The zero-order valence-electron chi connectivity index (χ0n) is 10.3. The van der Waals surface area contributed by atoms with Crippen molar-refractivity contribution < 1.29 is 0 Å². The van der Waals surface area contributed by atoms with Crippen LogP contribution in [-0.2, 0) is 0 Å². The van der Waals surface area contributed by atoms with Crippen LogP contribution in [0.2, 0.25) is 0 Å². The van der Waals surface area contributed by atoms with Gasteiger partial charge in [0.05, 0.1) is 10.9 Å². The normalized spacial score (nSPS) is 10.8. The minimum Gasteiger partial charge on any atom is -0.399 e. The molecular formula is C14H10BrN3OS. The van der Waals surface area contributed by atoms with Crippen molar-refractivity contribution in [3.63, 3.8) is 0 Å². The number of fused-ring (bicyclic) bond motifs is 1. The summed E-state index contributed by atoms with van der Waals surface area (Å²) in [6.45, 7) is 0. The Balaban J connectivity index is 2.05. The minimum atomic E-state index is -0.181. The van der Waals surface area contributed by atoms with E-state index in [1.54, 1.807) is 18.2 Å². The van der Waals surface area contributed by atoms with E-state index in [-0.39, 0.29) is 5.56 Å². The monoisotopic (exact) mass is 347 g/mol. The highest BCUT2D eigenvalue weighted by Gasteiger charge is 2.06. The van der Waals surface area contributed by atoms with Crippen molar-refractivity contribution in [2.24, 2.45) is 0 Å². The van der Waals surface area contributed by atoms with Crippen LogP contribution in [0.4, 0.5) is 5.69 Å². The number of hydrogen-bond donors (Lipinski definition) is 2. The lowest BCUT2D eigenvalue weighted by Gasteiger charge is -2.04. The second-order valence-corrected chi connectivity index (χ2v) is 6.19. The maximum atomic E-state index is 12.0. The third-order valence-corrected chi connectivity index (χ3v) is 4.09. The van der Waals surface area contributed by atoms with Crippen LogP contribution >= 0.6 is 27.7 Å². The zero-order valence-corrected chi connectivity index (χ0v) is 12.7. The second kappa shape index (κ2) is 5.30. The Morgan fingerprint density at radius 3 is 2.85 bits per heavy atom. The fraction of sp³-hybridized carbons (Fsp3) is 0. The summed E-state index contributed by atoms with van der Waals surface area (Å²) >= 11 is 4.83. The molecule has 4 nitrogen and oxygen atoms in total. The predicted octanol–water partition coefficient (Wildman–Crippen LogP) is 3.42. The maximum Gasteiger partial charge on any atom is 0.259 e. The first-order valence-electron chi connectivity index (χ1n) is 5.85. The standard InChI is InChI=1S/C14H10BrN3OS/c15-8-2-1-3-10(6-8)20-14-17-12-5-4-9(16)7-11(12)13(19)18-14/h1-7H,16H2,(H,17,18,19). The van der Waals surface area contributed by atoms with Crippen LogP contribution in [0.25, 0.3) is 10.9 Å². The number of nitrogens with two attached hydrogens (primary N) is 1. The van der Waals surface area contributed by atoms with Crippen LogP contribution < -0.4 is 11.3 Å².